The Morgan fingerprint density at radius 2 is 1.95 bits per heavy atom. The Morgan fingerprint density at radius 3 is 2.60 bits per heavy atom. The van der Waals surface area contributed by atoms with Gasteiger partial charge in [-0.05, 0) is 22.6 Å². The summed E-state index contributed by atoms with van der Waals surface area (Å²) in [6.45, 7) is 0. The molecule has 0 aliphatic heterocycles. The molecule has 0 bridgehead atoms. The molecule has 0 spiro atoms. The summed E-state index contributed by atoms with van der Waals surface area (Å²) in [5.41, 5.74) is 0.979. The number of halogens is 1. The van der Waals surface area contributed by atoms with Crippen LogP contribution in [-0.2, 0) is 0 Å². The van der Waals surface area contributed by atoms with Crippen LogP contribution in [0.15, 0.2) is 48.8 Å². The molecule has 0 saturated heterocycles. The van der Waals surface area contributed by atoms with Gasteiger partial charge in [0.25, 0.3) is 0 Å². The summed E-state index contributed by atoms with van der Waals surface area (Å²) >= 11 is 2.22. The van der Waals surface area contributed by atoms with Crippen molar-refractivity contribution in [2.24, 2.45) is 0 Å². The maximum absolute atomic E-state index is 4.58. The maximum atomic E-state index is 4.58. The monoisotopic (exact) mass is 377 g/mol. The molecular formula is C14H12IN5. The smallest absolute Gasteiger partial charge is 0.163 e. The first-order chi connectivity index (χ1) is 9.76. The van der Waals surface area contributed by atoms with E-state index >= 15 is 0 Å². The van der Waals surface area contributed by atoms with Gasteiger partial charge in [0.2, 0.25) is 0 Å². The normalized spacial score (nSPS) is 10.5. The Bertz CT molecular complexity index is 723. The van der Waals surface area contributed by atoms with E-state index < -0.39 is 0 Å². The average molecular weight is 377 g/mol. The molecule has 3 aromatic rings. The molecule has 2 heterocycles. The number of anilines is 1. The van der Waals surface area contributed by atoms with E-state index in [0.717, 1.165) is 20.8 Å². The molecule has 1 aromatic carbocycles. The second-order valence-electron chi connectivity index (χ2n) is 4.15. The van der Waals surface area contributed by atoms with E-state index in [4.69, 9.17) is 0 Å². The minimum absolute atomic E-state index is 0.679. The lowest BCUT2D eigenvalue weighted by atomic mass is 10.2. The number of nitrogens with zero attached hydrogens (tertiary/aromatic N) is 4. The van der Waals surface area contributed by atoms with Crippen LogP contribution in [0, 0.1) is 3.57 Å². The van der Waals surface area contributed by atoms with E-state index in [2.05, 4.69) is 43.0 Å². The zero-order valence-electron chi connectivity index (χ0n) is 10.8. The fourth-order valence-electron chi connectivity index (χ4n) is 1.82. The third-order valence-corrected chi connectivity index (χ3v) is 3.34. The van der Waals surface area contributed by atoms with Gasteiger partial charge < -0.3 is 5.32 Å². The van der Waals surface area contributed by atoms with Crippen molar-refractivity contribution < 1.29 is 0 Å². The molecule has 100 valence electrons. The molecule has 0 aliphatic carbocycles. The number of aromatic nitrogens is 4. The summed E-state index contributed by atoms with van der Waals surface area (Å²) < 4.78 is 2.81. The van der Waals surface area contributed by atoms with E-state index in [1.807, 2.05) is 49.6 Å². The topological polar surface area (TPSA) is 55.6 Å². The van der Waals surface area contributed by atoms with E-state index in [1.54, 1.807) is 10.9 Å². The van der Waals surface area contributed by atoms with Gasteiger partial charge in [0.05, 0.1) is 9.77 Å². The van der Waals surface area contributed by atoms with Crippen LogP contribution in [0.1, 0.15) is 0 Å². The molecule has 3 rings (SSSR count). The van der Waals surface area contributed by atoms with Crippen molar-refractivity contribution in [3.05, 3.63) is 52.4 Å². The molecule has 0 saturated carbocycles. The summed E-state index contributed by atoms with van der Waals surface area (Å²) in [6, 6.07) is 11.8. The number of benzene rings is 1. The average Bonchev–Trinajstić information content (AvgIpc) is 2.94. The van der Waals surface area contributed by atoms with E-state index in [9.17, 15) is 0 Å². The number of hydrogen-bond acceptors (Lipinski definition) is 4. The standard InChI is InChI=1S/C14H12IN5/c1-16-12-7-13(20-9-11(15)8-17-20)19-14(18-12)10-5-3-2-4-6-10/h2-9H,1H3,(H,16,18,19). The highest BCUT2D eigenvalue weighted by molar-refractivity contribution is 14.1. The van der Waals surface area contributed by atoms with Crippen molar-refractivity contribution >= 4 is 28.4 Å². The lowest BCUT2D eigenvalue weighted by molar-refractivity contribution is 0.842. The quantitative estimate of drug-likeness (QED) is 0.714. The Balaban J connectivity index is 2.12. The van der Waals surface area contributed by atoms with Crippen LogP contribution < -0.4 is 5.32 Å². The Labute approximate surface area is 130 Å². The van der Waals surface area contributed by atoms with Crippen molar-refractivity contribution in [2.45, 2.75) is 0 Å². The van der Waals surface area contributed by atoms with Crippen molar-refractivity contribution in [1.82, 2.24) is 19.7 Å². The molecule has 5 nitrogen and oxygen atoms in total. The van der Waals surface area contributed by atoms with E-state index in [0.29, 0.717) is 5.82 Å². The van der Waals surface area contributed by atoms with Gasteiger partial charge in [-0.2, -0.15) is 5.10 Å². The van der Waals surface area contributed by atoms with Crippen LogP contribution in [0.4, 0.5) is 5.82 Å². The fourth-order valence-corrected chi connectivity index (χ4v) is 2.21. The molecule has 0 radical (unpaired) electrons. The van der Waals surface area contributed by atoms with Gasteiger partial charge in [0.15, 0.2) is 11.6 Å². The Kier molecular flexibility index (Phi) is 3.64. The van der Waals surface area contributed by atoms with Crippen molar-refractivity contribution in [1.29, 1.82) is 0 Å². The SMILES string of the molecule is CNc1cc(-n2cc(I)cn2)nc(-c2ccccc2)n1. The minimum atomic E-state index is 0.679. The molecule has 0 atom stereocenters. The Hall–Kier alpha value is -1.96. The van der Waals surface area contributed by atoms with E-state index in [1.165, 1.54) is 0 Å². The lowest BCUT2D eigenvalue weighted by Gasteiger charge is -2.07. The third kappa shape index (κ3) is 2.64. The highest BCUT2D eigenvalue weighted by atomic mass is 127. The molecular weight excluding hydrogens is 365 g/mol. The molecule has 0 aliphatic rings. The van der Waals surface area contributed by atoms with Crippen LogP contribution in [0.25, 0.3) is 17.2 Å². The van der Waals surface area contributed by atoms with Crippen LogP contribution in [-0.4, -0.2) is 26.8 Å². The zero-order chi connectivity index (χ0) is 13.9. The van der Waals surface area contributed by atoms with Gasteiger partial charge in [0, 0.05) is 24.9 Å². The van der Waals surface area contributed by atoms with Crippen molar-refractivity contribution in [3.63, 3.8) is 0 Å². The highest BCUT2D eigenvalue weighted by Gasteiger charge is 2.08. The van der Waals surface area contributed by atoms with Crippen LogP contribution in [0.3, 0.4) is 0 Å². The summed E-state index contributed by atoms with van der Waals surface area (Å²) in [7, 11) is 1.84. The summed E-state index contributed by atoms with van der Waals surface area (Å²) in [6.07, 6.45) is 3.72. The van der Waals surface area contributed by atoms with Gasteiger partial charge in [-0.1, -0.05) is 30.3 Å². The molecule has 2 aromatic heterocycles. The molecule has 0 unspecified atom stereocenters. The van der Waals surface area contributed by atoms with Gasteiger partial charge in [0.1, 0.15) is 5.82 Å². The molecule has 6 heteroatoms. The van der Waals surface area contributed by atoms with Crippen molar-refractivity contribution in [2.75, 3.05) is 12.4 Å². The third-order valence-electron chi connectivity index (χ3n) is 2.79. The second-order valence-corrected chi connectivity index (χ2v) is 5.40. The second kappa shape index (κ2) is 5.58. The predicted molar refractivity (Wildman–Crippen MR) is 86.9 cm³/mol. The van der Waals surface area contributed by atoms with Gasteiger partial charge in [-0.15, -0.1) is 0 Å². The van der Waals surface area contributed by atoms with Crippen molar-refractivity contribution in [3.8, 4) is 17.2 Å². The molecule has 1 N–H and O–H groups in total. The fraction of sp³-hybridized carbons (Fsp3) is 0.0714. The summed E-state index contributed by atoms with van der Waals surface area (Å²) in [5, 5.41) is 7.35. The molecule has 0 amide bonds. The Morgan fingerprint density at radius 1 is 1.15 bits per heavy atom. The minimum Gasteiger partial charge on any atom is -0.373 e. The van der Waals surface area contributed by atoms with Gasteiger partial charge in [-0.25, -0.2) is 14.6 Å². The first-order valence-electron chi connectivity index (χ1n) is 6.09. The number of hydrogen-bond donors (Lipinski definition) is 1. The number of rotatable bonds is 3. The number of nitrogens with one attached hydrogen (secondary N) is 1. The largest absolute Gasteiger partial charge is 0.373 e. The molecule has 0 fully saturated rings. The lowest BCUT2D eigenvalue weighted by Crippen LogP contribution is -2.04. The summed E-state index contributed by atoms with van der Waals surface area (Å²) in [5.74, 6) is 2.18. The van der Waals surface area contributed by atoms with Crippen LogP contribution in [0.2, 0.25) is 0 Å². The summed E-state index contributed by atoms with van der Waals surface area (Å²) in [4.78, 5) is 9.07. The van der Waals surface area contributed by atoms with Crippen LogP contribution in [0.5, 0.6) is 0 Å². The van der Waals surface area contributed by atoms with Crippen LogP contribution >= 0.6 is 22.6 Å². The van der Waals surface area contributed by atoms with Gasteiger partial charge in [-0.3, -0.25) is 0 Å². The first kappa shape index (κ1) is 13.0. The molecule has 20 heavy (non-hydrogen) atoms. The first-order valence-corrected chi connectivity index (χ1v) is 7.17. The van der Waals surface area contributed by atoms with E-state index in [-0.39, 0.29) is 0 Å². The maximum Gasteiger partial charge on any atom is 0.163 e. The van der Waals surface area contributed by atoms with Gasteiger partial charge >= 0.3 is 0 Å². The highest BCUT2D eigenvalue weighted by Crippen LogP contribution is 2.19. The predicted octanol–water partition coefficient (Wildman–Crippen LogP) is 2.98. The zero-order valence-corrected chi connectivity index (χ0v) is 12.9.